The molecule has 180 valence electrons. The van der Waals surface area contributed by atoms with Crippen molar-refractivity contribution in [3.05, 3.63) is 89.5 Å². The van der Waals surface area contributed by atoms with Gasteiger partial charge in [-0.1, -0.05) is 36.4 Å². The van der Waals surface area contributed by atoms with E-state index in [1.807, 2.05) is 30.3 Å². The van der Waals surface area contributed by atoms with Crippen molar-refractivity contribution in [3.8, 4) is 0 Å². The van der Waals surface area contributed by atoms with Crippen molar-refractivity contribution in [3.63, 3.8) is 0 Å². The molecule has 2 aromatic carbocycles. The molecule has 9 heteroatoms. The number of nitrogens with zero attached hydrogens (tertiary/aromatic N) is 3. The second kappa shape index (κ2) is 11.2. The molecule has 0 spiro atoms. The number of carbonyl (C=O) groups excluding carboxylic acids is 3. The zero-order chi connectivity index (χ0) is 24.6. The minimum atomic E-state index is -1.32. The summed E-state index contributed by atoms with van der Waals surface area (Å²) in [6.45, 7) is 1.14. The molecule has 0 fully saturated rings. The Morgan fingerprint density at radius 1 is 1.11 bits per heavy atom. The molecule has 0 saturated heterocycles. The van der Waals surface area contributed by atoms with Gasteiger partial charge in [-0.15, -0.1) is 0 Å². The van der Waals surface area contributed by atoms with E-state index in [4.69, 9.17) is 0 Å². The Morgan fingerprint density at radius 3 is 2.69 bits per heavy atom. The van der Waals surface area contributed by atoms with Crippen LogP contribution in [0, 0.1) is 0 Å². The molecular weight excluding hydrogens is 446 g/mol. The smallest absolute Gasteiger partial charge is 0.251 e. The maximum absolute atomic E-state index is 13.1. The van der Waals surface area contributed by atoms with Crippen molar-refractivity contribution < 1.29 is 19.5 Å². The third-order valence-corrected chi connectivity index (χ3v) is 5.84. The summed E-state index contributed by atoms with van der Waals surface area (Å²) >= 11 is 0. The first-order chi connectivity index (χ1) is 17.0. The van der Waals surface area contributed by atoms with Crippen LogP contribution in [0.2, 0.25) is 0 Å². The van der Waals surface area contributed by atoms with Gasteiger partial charge < -0.3 is 25.4 Å². The van der Waals surface area contributed by atoms with Gasteiger partial charge in [0.25, 0.3) is 5.91 Å². The molecule has 1 unspecified atom stereocenters. The quantitative estimate of drug-likeness (QED) is 0.475. The number of benzene rings is 2. The van der Waals surface area contributed by atoms with Gasteiger partial charge in [-0.25, -0.2) is 0 Å². The topological polar surface area (TPSA) is 127 Å². The van der Waals surface area contributed by atoms with Crippen LogP contribution in [0.3, 0.4) is 0 Å². The van der Waals surface area contributed by atoms with E-state index in [9.17, 15) is 19.5 Å². The SMILES string of the molecule is O=C([O-])CC1Nc2cc(C(=O)NCCc3cnccn3)ccc2CN(CCc2ccccc2)C1=O. The molecule has 35 heavy (non-hydrogen) atoms. The number of nitrogens with one attached hydrogen (secondary N) is 2. The first kappa shape index (κ1) is 23.9. The summed E-state index contributed by atoms with van der Waals surface area (Å²) < 4.78 is 0. The van der Waals surface area contributed by atoms with Crippen molar-refractivity contribution in [2.45, 2.75) is 31.8 Å². The van der Waals surface area contributed by atoms with E-state index in [0.717, 1.165) is 16.8 Å². The summed E-state index contributed by atoms with van der Waals surface area (Å²) in [4.78, 5) is 47.0. The normalized spacial score (nSPS) is 15.0. The third kappa shape index (κ3) is 6.41. The lowest BCUT2D eigenvalue weighted by Gasteiger charge is -2.25. The molecule has 2 heterocycles. The average Bonchev–Trinajstić information content (AvgIpc) is 2.99. The number of carboxylic acid groups (broad SMARTS) is 1. The number of aromatic nitrogens is 2. The molecule has 0 radical (unpaired) electrons. The number of hydrogen-bond acceptors (Lipinski definition) is 7. The Hall–Kier alpha value is -4.27. The molecule has 0 aliphatic carbocycles. The summed E-state index contributed by atoms with van der Waals surface area (Å²) in [5, 5.41) is 17.2. The molecule has 4 rings (SSSR count). The summed E-state index contributed by atoms with van der Waals surface area (Å²) in [5.41, 5.74) is 3.64. The van der Waals surface area contributed by atoms with Crippen molar-refractivity contribution in [1.82, 2.24) is 20.2 Å². The van der Waals surface area contributed by atoms with Gasteiger partial charge in [-0.05, 0) is 29.7 Å². The number of hydrogen-bond donors (Lipinski definition) is 2. The summed E-state index contributed by atoms with van der Waals surface area (Å²) in [7, 11) is 0. The summed E-state index contributed by atoms with van der Waals surface area (Å²) in [6.07, 6.45) is 5.56. The predicted molar refractivity (Wildman–Crippen MR) is 127 cm³/mol. The van der Waals surface area contributed by atoms with E-state index in [0.29, 0.717) is 43.7 Å². The van der Waals surface area contributed by atoms with Gasteiger partial charge in [0.15, 0.2) is 0 Å². The number of rotatable bonds is 9. The number of fused-ring (bicyclic) bond motifs is 1. The van der Waals surface area contributed by atoms with Gasteiger partial charge in [0.2, 0.25) is 5.91 Å². The Morgan fingerprint density at radius 2 is 1.94 bits per heavy atom. The summed E-state index contributed by atoms with van der Waals surface area (Å²) in [6, 6.07) is 14.0. The van der Waals surface area contributed by atoms with Crippen molar-refractivity contribution in [2.75, 3.05) is 18.4 Å². The molecule has 1 aromatic heterocycles. The van der Waals surface area contributed by atoms with E-state index in [1.54, 1.807) is 41.7 Å². The monoisotopic (exact) mass is 472 g/mol. The molecule has 1 aliphatic heterocycles. The van der Waals surface area contributed by atoms with Crippen LogP contribution in [0.15, 0.2) is 67.1 Å². The molecule has 2 N–H and O–H groups in total. The molecule has 9 nitrogen and oxygen atoms in total. The molecule has 1 atom stereocenters. The Labute approximate surface area is 203 Å². The second-order valence-electron chi connectivity index (χ2n) is 8.34. The lowest BCUT2D eigenvalue weighted by molar-refractivity contribution is -0.305. The fourth-order valence-corrected chi connectivity index (χ4v) is 4.01. The minimum absolute atomic E-state index is 0.272. The third-order valence-electron chi connectivity index (χ3n) is 5.84. The molecule has 1 aliphatic rings. The van der Waals surface area contributed by atoms with Gasteiger partial charge in [0.1, 0.15) is 6.04 Å². The van der Waals surface area contributed by atoms with Gasteiger partial charge in [0, 0.05) is 68.3 Å². The average molecular weight is 473 g/mol. The lowest BCUT2D eigenvalue weighted by Crippen LogP contribution is -2.44. The zero-order valence-corrected chi connectivity index (χ0v) is 19.1. The van der Waals surface area contributed by atoms with Gasteiger partial charge >= 0.3 is 0 Å². The van der Waals surface area contributed by atoms with Crippen molar-refractivity contribution >= 4 is 23.5 Å². The standard InChI is InChI=1S/C26H27N5O4/c32-24(33)15-23-26(35)31(13-9-18-4-2-1-3-5-18)17-20-7-6-19(14-22(20)30-23)25(34)29-10-8-21-16-27-11-12-28-21/h1-7,11-12,14,16,23,30H,8-10,13,15,17H2,(H,29,34)(H,32,33)/p-1. The number of aliphatic carboxylic acids is 1. The maximum atomic E-state index is 13.1. The van der Waals surface area contributed by atoms with E-state index in [2.05, 4.69) is 20.6 Å². The van der Waals surface area contributed by atoms with Crippen LogP contribution in [0.4, 0.5) is 5.69 Å². The van der Waals surface area contributed by atoms with Gasteiger partial charge in [-0.2, -0.15) is 0 Å². The van der Waals surface area contributed by atoms with E-state index < -0.39 is 18.4 Å². The fourth-order valence-electron chi connectivity index (χ4n) is 4.01. The maximum Gasteiger partial charge on any atom is 0.251 e. The van der Waals surface area contributed by atoms with E-state index in [-0.39, 0.29) is 11.8 Å². The Kier molecular flexibility index (Phi) is 7.67. The molecule has 2 amide bonds. The van der Waals surface area contributed by atoms with Crippen LogP contribution in [-0.2, 0) is 29.0 Å². The van der Waals surface area contributed by atoms with Crippen LogP contribution in [0.1, 0.15) is 33.6 Å². The highest BCUT2D eigenvalue weighted by atomic mass is 16.4. The Bertz CT molecular complexity index is 1190. The first-order valence-corrected chi connectivity index (χ1v) is 11.4. The van der Waals surface area contributed by atoms with Crippen molar-refractivity contribution in [1.29, 1.82) is 0 Å². The number of carboxylic acids is 1. The highest BCUT2D eigenvalue weighted by Gasteiger charge is 2.29. The van der Waals surface area contributed by atoms with Crippen molar-refractivity contribution in [2.24, 2.45) is 0 Å². The van der Waals surface area contributed by atoms with Crippen LogP contribution in [0.5, 0.6) is 0 Å². The first-order valence-electron chi connectivity index (χ1n) is 11.4. The largest absolute Gasteiger partial charge is 0.550 e. The van der Waals surface area contributed by atoms with Crippen LogP contribution >= 0.6 is 0 Å². The lowest BCUT2D eigenvalue weighted by atomic mass is 10.1. The zero-order valence-electron chi connectivity index (χ0n) is 19.1. The van der Waals surface area contributed by atoms with Gasteiger partial charge in [0.05, 0.1) is 5.69 Å². The van der Waals surface area contributed by atoms with Crippen LogP contribution < -0.4 is 15.7 Å². The second-order valence-corrected chi connectivity index (χ2v) is 8.34. The molecule has 0 saturated carbocycles. The fraction of sp³-hybridized carbons (Fsp3) is 0.269. The summed E-state index contributed by atoms with van der Waals surface area (Å²) in [5.74, 6) is -1.90. The predicted octanol–water partition coefficient (Wildman–Crippen LogP) is 0.955. The van der Waals surface area contributed by atoms with Crippen LogP contribution in [0.25, 0.3) is 0 Å². The van der Waals surface area contributed by atoms with Gasteiger partial charge in [-0.3, -0.25) is 19.6 Å². The number of amides is 2. The molecule has 3 aromatic rings. The Balaban J connectivity index is 1.47. The molecular formula is C26H26N5O4-. The number of carbonyl (C=O) groups is 3. The number of anilines is 1. The highest BCUT2D eigenvalue weighted by molar-refractivity contribution is 5.96. The van der Waals surface area contributed by atoms with E-state index >= 15 is 0 Å². The van der Waals surface area contributed by atoms with Crippen LogP contribution in [-0.4, -0.2) is 51.8 Å². The van der Waals surface area contributed by atoms with E-state index in [1.165, 1.54) is 0 Å². The molecule has 0 bridgehead atoms. The highest BCUT2D eigenvalue weighted by Crippen LogP contribution is 2.26. The minimum Gasteiger partial charge on any atom is -0.550 e.